The summed E-state index contributed by atoms with van der Waals surface area (Å²) in [6.07, 6.45) is -2.90. The molecule has 0 spiro atoms. The molecule has 0 aliphatic rings. The van der Waals surface area contributed by atoms with Gasteiger partial charge in [0.1, 0.15) is 0 Å². The highest BCUT2D eigenvalue weighted by Gasteiger charge is 2.32. The van der Waals surface area contributed by atoms with Crippen LogP contribution >= 0.6 is 11.6 Å². The van der Waals surface area contributed by atoms with E-state index >= 15 is 0 Å². The van der Waals surface area contributed by atoms with Gasteiger partial charge in [0.2, 0.25) is 0 Å². The predicted molar refractivity (Wildman–Crippen MR) is 60.1 cm³/mol. The first kappa shape index (κ1) is 12.2. The van der Waals surface area contributed by atoms with Crippen LogP contribution in [0.1, 0.15) is 25.5 Å². The van der Waals surface area contributed by atoms with Crippen LogP contribution in [0, 0.1) is 0 Å². The highest BCUT2D eigenvalue weighted by molar-refractivity contribution is 6.35. The molecule has 0 fully saturated rings. The van der Waals surface area contributed by atoms with Crippen LogP contribution in [0.15, 0.2) is 18.5 Å². The van der Waals surface area contributed by atoms with Crippen LogP contribution < -0.4 is 0 Å². The third kappa shape index (κ3) is 2.11. The van der Waals surface area contributed by atoms with Crippen molar-refractivity contribution in [2.45, 2.75) is 26.1 Å². The number of alkyl halides is 3. The molecule has 92 valence electrons. The average Bonchev–Trinajstić information content (AvgIpc) is 2.60. The molecule has 2 nitrogen and oxygen atoms in total. The lowest BCUT2D eigenvalue weighted by molar-refractivity contribution is -0.137. The summed E-state index contributed by atoms with van der Waals surface area (Å²) in [6.45, 7) is 3.82. The summed E-state index contributed by atoms with van der Waals surface area (Å²) in [6, 6.07) is 2.04. The van der Waals surface area contributed by atoms with Gasteiger partial charge < -0.3 is 4.57 Å². The first-order valence-corrected chi connectivity index (χ1v) is 5.42. The van der Waals surface area contributed by atoms with Crippen LogP contribution in [0.4, 0.5) is 13.2 Å². The van der Waals surface area contributed by atoms with E-state index in [1.165, 1.54) is 6.33 Å². The van der Waals surface area contributed by atoms with Gasteiger partial charge in [-0.1, -0.05) is 11.6 Å². The third-order valence-corrected chi connectivity index (χ3v) is 2.79. The van der Waals surface area contributed by atoms with Crippen molar-refractivity contribution in [2.24, 2.45) is 0 Å². The van der Waals surface area contributed by atoms with Crippen LogP contribution in [0.5, 0.6) is 0 Å². The zero-order valence-corrected chi connectivity index (χ0v) is 9.97. The van der Waals surface area contributed by atoms with Crippen LogP contribution in [0.25, 0.3) is 11.0 Å². The summed E-state index contributed by atoms with van der Waals surface area (Å²) >= 11 is 5.90. The molecule has 1 heterocycles. The van der Waals surface area contributed by atoms with Crippen molar-refractivity contribution in [3.8, 4) is 0 Å². The minimum absolute atomic E-state index is 0.0704. The third-order valence-electron chi connectivity index (χ3n) is 2.51. The Bertz CT molecular complexity index is 558. The zero-order chi connectivity index (χ0) is 12.8. The van der Waals surface area contributed by atoms with Crippen molar-refractivity contribution in [1.29, 1.82) is 0 Å². The molecule has 0 unspecified atom stereocenters. The molecule has 17 heavy (non-hydrogen) atoms. The van der Waals surface area contributed by atoms with Gasteiger partial charge in [-0.05, 0) is 26.0 Å². The number of hydrogen-bond acceptors (Lipinski definition) is 1. The minimum atomic E-state index is -4.40. The monoisotopic (exact) mass is 262 g/mol. The summed E-state index contributed by atoms with van der Waals surface area (Å²) in [7, 11) is 0. The maximum Gasteiger partial charge on any atom is 0.416 e. The van der Waals surface area contributed by atoms with Gasteiger partial charge in [-0.25, -0.2) is 4.98 Å². The van der Waals surface area contributed by atoms with Crippen molar-refractivity contribution < 1.29 is 13.2 Å². The topological polar surface area (TPSA) is 17.8 Å². The maximum absolute atomic E-state index is 12.6. The molecule has 0 bridgehead atoms. The molecule has 0 saturated heterocycles. The first-order valence-electron chi connectivity index (χ1n) is 5.04. The number of hydrogen-bond donors (Lipinski definition) is 0. The normalized spacial score (nSPS) is 12.6. The zero-order valence-electron chi connectivity index (χ0n) is 9.22. The first-order chi connectivity index (χ1) is 7.80. The summed E-state index contributed by atoms with van der Waals surface area (Å²) in [4.78, 5) is 3.95. The number of aromatic nitrogens is 2. The fraction of sp³-hybridized carbons (Fsp3) is 0.364. The number of rotatable bonds is 1. The molecule has 0 aliphatic heterocycles. The van der Waals surface area contributed by atoms with Crippen molar-refractivity contribution in [1.82, 2.24) is 9.55 Å². The van der Waals surface area contributed by atoms with Crippen molar-refractivity contribution in [3.63, 3.8) is 0 Å². The Kier molecular flexibility index (Phi) is 2.81. The summed E-state index contributed by atoms with van der Waals surface area (Å²) < 4.78 is 39.5. The molecule has 1 aromatic heterocycles. The lowest BCUT2D eigenvalue weighted by Crippen LogP contribution is -2.05. The molecule has 2 aromatic rings. The van der Waals surface area contributed by atoms with E-state index in [0.29, 0.717) is 5.52 Å². The highest BCUT2D eigenvalue weighted by Crippen LogP contribution is 2.35. The van der Waals surface area contributed by atoms with Crippen LogP contribution in [0.2, 0.25) is 5.02 Å². The molecule has 1 aromatic carbocycles. The fourth-order valence-corrected chi connectivity index (χ4v) is 1.99. The number of fused-ring (bicyclic) bond motifs is 1. The Hall–Kier alpha value is -1.23. The van der Waals surface area contributed by atoms with Crippen LogP contribution in [-0.2, 0) is 6.18 Å². The van der Waals surface area contributed by atoms with Gasteiger partial charge in [0.25, 0.3) is 0 Å². The van der Waals surface area contributed by atoms with Gasteiger partial charge in [0, 0.05) is 6.04 Å². The second kappa shape index (κ2) is 3.91. The second-order valence-electron chi connectivity index (χ2n) is 4.07. The van der Waals surface area contributed by atoms with Crippen LogP contribution in [-0.4, -0.2) is 9.55 Å². The van der Waals surface area contributed by atoms with Crippen molar-refractivity contribution in [2.75, 3.05) is 0 Å². The molecule has 0 aliphatic carbocycles. The van der Waals surface area contributed by atoms with Gasteiger partial charge in [-0.15, -0.1) is 0 Å². The van der Waals surface area contributed by atoms with E-state index in [9.17, 15) is 13.2 Å². The SMILES string of the molecule is CC(C)n1cnc2cc(C(F)(F)F)cc(Cl)c21. The number of imidazole rings is 1. The van der Waals surface area contributed by atoms with Gasteiger partial charge in [0.15, 0.2) is 0 Å². The Labute approximate surface area is 101 Å². The Morgan fingerprint density at radius 3 is 2.47 bits per heavy atom. The standard InChI is InChI=1S/C11H10ClF3N2/c1-6(2)17-5-16-9-4-7(11(13,14)15)3-8(12)10(9)17/h3-6H,1-2H3. The van der Waals surface area contributed by atoms with Gasteiger partial charge in [-0.2, -0.15) is 13.2 Å². The molecule has 0 N–H and O–H groups in total. The van der Waals surface area contributed by atoms with E-state index in [1.807, 2.05) is 13.8 Å². The van der Waals surface area contributed by atoms with Gasteiger partial charge >= 0.3 is 6.18 Å². The molecule has 0 radical (unpaired) electrons. The minimum Gasteiger partial charge on any atom is -0.327 e. The molecular formula is C11H10ClF3N2. The quantitative estimate of drug-likeness (QED) is 0.750. The summed E-state index contributed by atoms with van der Waals surface area (Å²) in [5.74, 6) is 0. The molecule has 0 amide bonds. The summed E-state index contributed by atoms with van der Waals surface area (Å²) in [5.41, 5.74) is 0.0252. The Morgan fingerprint density at radius 2 is 1.94 bits per heavy atom. The van der Waals surface area contributed by atoms with E-state index in [2.05, 4.69) is 4.98 Å². The molecule has 6 heteroatoms. The summed E-state index contributed by atoms with van der Waals surface area (Å²) in [5, 5.41) is 0.0704. The number of halogens is 4. The lowest BCUT2D eigenvalue weighted by Gasteiger charge is -2.11. The Morgan fingerprint density at radius 1 is 1.29 bits per heavy atom. The van der Waals surface area contributed by atoms with E-state index < -0.39 is 11.7 Å². The molecule has 0 atom stereocenters. The number of benzene rings is 1. The van der Waals surface area contributed by atoms with Crippen molar-refractivity contribution >= 4 is 22.6 Å². The largest absolute Gasteiger partial charge is 0.416 e. The van der Waals surface area contributed by atoms with Gasteiger partial charge in [-0.3, -0.25) is 0 Å². The predicted octanol–water partition coefficient (Wildman–Crippen LogP) is 4.29. The maximum atomic E-state index is 12.6. The molecule has 2 rings (SSSR count). The average molecular weight is 263 g/mol. The highest BCUT2D eigenvalue weighted by atomic mass is 35.5. The second-order valence-corrected chi connectivity index (χ2v) is 4.48. The van der Waals surface area contributed by atoms with E-state index in [-0.39, 0.29) is 16.6 Å². The van der Waals surface area contributed by atoms with E-state index in [0.717, 1.165) is 12.1 Å². The van der Waals surface area contributed by atoms with E-state index in [1.54, 1.807) is 4.57 Å². The molecule has 0 saturated carbocycles. The fourth-order valence-electron chi connectivity index (χ4n) is 1.68. The Balaban J connectivity index is 2.70. The smallest absolute Gasteiger partial charge is 0.327 e. The molecular weight excluding hydrogens is 253 g/mol. The van der Waals surface area contributed by atoms with Crippen LogP contribution in [0.3, 0.4) is 0 Å². The number of nitrogens with zero attached hydrogens (tertiary/aromatic N) is 2. The lowest BCUT2D eigenvalue weighted by atomic mass is 10.2. The van der Waals surface area contributed by atoms with E-state index in [4.69, 9.17) is 11.6 Å². The van der Waals surface area contributed by atoms with Crippen molar-refractivity contribution in [3.05, 3.63) is 29.0 Å². The van der Waals surface area contributed by atoms with Gasteiger partial charge in [0.05, 0.1) is 27.9 Å².